The van der Waals surface area contributed by atoms with Crippen LogP contribution in [0.1, 0.15) is 18.1 Å². The second-order valence-electron chi connectivity index (χ2n) is 4.41. The van der Waals surface area contributed by atoms with Gasteiger partial charge in [-0.1, -0.05) is 35.4 Å². The Labute approximate surface area is 121 Å². The lowest BCUT2D eigenvalue weighted by Crippen LogP contribution is -3.85. The second-order valence-corrected chi connectivity index (χ2v) is 8.76. The summed E-state index contributed by atoms with van der Waals surface area (Å²) in [5.74, 6) is -0.202. The molecule has 19 heavy (non-hydrogen) atoms. The van der Waals surface area contributed by atoms with Gasteiger partial charge in [-0.2, -0.15) is 0 Å². The molecule has 3 heteroatoms. The maximum Gasteiger partial charge on any atom is 0.358 e. The highest BCUT2D eigenvalue weighted by Crippen LogP contribution is 1.96. The monoisotopic (exact) mass is 368 g/mol. The number of halogens is 1. The normalized spacial score (nSPS) is 10.5. The Morgan fingerprint density at radius 3 is 1.53 bits per heavy atom. The summed E-state index contributed by atoms with van der Waals surface area (Å²) in [4.78, 5) is 11.4. The molecular formula is C16H17IO2+. The van der Waals surface area contributed by atoms with Crippen LogP contribution in [0.25, 0.3) is 0 Å². The van der Waals surface area contributed by atoms with Gasteiger partial charge in [0.2, 0.25) is 0 Å². The number of aryl methyl sites for hydroxylation is 2. The molecular weight excluding hydrogens is 351 g/mol. The minimum absolute atomic E-state index is 0.202. The molecule has 0 spiro atoms. The largest absolute Gasteiger partial charge is 0.358 e. The molecule has 0 fully saturated rings. The molecule has 2 aromatic carbocycles. The third-order valence-electron chi connectivity index (χ3n) is 2.60. The Morgan fingerprint density at radius 1 is 0.842 bits per heavy atom. The first kappa shape index (κ1) is 14.1. The molecule has 0 aliphatic carbocycles. The van der Waals surface area contributed by atoms with Crippen molar-refractivity contribution in [3.05, 3.63) is 66.8 Å². The minimum atomic E-state index is -2.10. The lowest BCUT2D eigenvalue weighted by Gasteiger charge is -2.04. The number of hydrogen-bond acceptors (Lipinski definition) is 2. The van der Waals surface area contributed by atoms with Gasteiger partial charge in [-0.25, -0.2) is 7.86 Å². The zero-order valence-corrected chi connectivity index (χ0v) is 13.5. The molecule has 2 aromatic rings. The van der Waals surface area contributed by atoms with Crippen LogP contribution in [0.2, 0.25) is 0 Å². The van der Waals surface area contributed by atoms with Crippen molar-refractivity contribution in [2.75, 3.05) is 0 Å². The summed E-state index contributed by atoms with van der Waals surface area (Å²) >= 11 is -2.10. The van der Waals surface area contributed by atoms with E-state index in [1.807, 2.05) is 0 Å². The van der Waals surface area contributed by atoms with Crippen LogP contribution in [0.4, 0.5) is 0 Å². The van der Waals surface area contributed by atoms with E-state index in [9.17, 15) is 4.79 Å². The van der Waals surface area contributed by atoms with Crippen molar-refractivity contribution in [2.45, 2.75) is 20.8 Å². The molecule has 0 heterocycles. The first-order chi connectivity index (χ1) is 9.06. The van der Waals surface area contributed by atoms with Crippen LogP contribution >= 0.6 is 0 Å². The van der Waals surface area contributed by atoms with Crippen LogP contribution in [0.15, 0.2) is 48.5 Å². The van der Waals surface area contributed by atoms with Crippen molar-refractivity contribution in [2.24, 2.45) is 0 Å². The second kappa shape index (κ2) is 6.19. The van der Waals surface area contributed by atoms with Crippen molar-refractivity contribution in [3.8, 4) is 0 Å². The van der Waals surface area contributed by atoms with Crippen LogP contribution in [0.5, 0.6) is 0 Å². The predicted molar refractivity (Wildman–Crippen MR) is 71.5 cm³/mol. The number of carbonyl (C=O) groups excluding carboxylic acids is 1. The summed E-state index contributed by atoms with van der Waals surface area (Å²) < 4.78 is 7.91. The molecule has 0 N–H and O–H groups in total. The quantitative estimate of drug-likeness (QED) is 0.736. The topological polar surface area (TPSA) is 26.3 Å². The van der Waals surface area contributed by atoms with Crippen LogP contribution in [0.3, 0.4) is 0 Å². The van der Waals surface area contributed by atoms with Gasteiger partial charge >= 0.3 is 26.2 Å². The molecule has 0 saturated carbocycles. The molecule has 0 amide bonds. The van der Waals surface area contributed by atoms with Gasteiger partial charge in [0.05, 0.1) is 0 Å². The SMILES string of the molecule is CC(=O)O[I+](c1ccc(C)cc1)c1ccc(C)cc1. The summed E-state index contributed by atoms with van der Waals surface area (Å²) in [7, 11) is 0. The summed E-state index contributed by atoms with van der Waals surface area (Å²) in [5.41, 5.74) is 2.43. The Hall–Kier alpha value is -1.36. The highest BCUT2D eigenvalue weighted by molar-refractivity contribution is 5.65. The predicted octanol–water partition coefficient (Wildman–Crippen LogP) is 0.446. The van der Waals surface area contributed by atoms with E-state index in [1.165, 1.54) is 18.1 Å². The van der Waals surface area contributed by atoms with Gasteiger partial charge in [0.15, 0.2) is 7.14 Å². The summed E-state index contributed by atoms with van der Waals surface area (Å²) in [6.45, 7) is 5.59. The highest BCUT2D eigenvalue weighted by atomic mass is 127. The third-order valence-corrected chi connectivity index (χ3v) is 7.37. The first-order valence-corrected chi connectivity index (χ1v) is 9.12. The van der Waals surface area contributed by atoms with Crippen molar-refractivity contribution in [1.82, 2.24) is 0 Å². The van der Waals surface area contributed by atoms with Gasteiger partial charge < -0.3 is 0 Å². The zero-order valence-electron chi connectivity index (χ0n) is 11.3. The fraction of sp³-hybridized carbons (Fsp3) is 0.188. The third kappa shape index (κ3) is 3.80. The minimum Gasteiger partial charge on any atom is -0.247 e. The highest BCUT2D eigenvalue weighted by Gasteiger charge is 2.32. The van der Waals surface area contributed by atoms with Gasteiger partial charge in [-0.15, -0.1) is 0 Å². The molecule has 0 saturated heterocycles. The van der Waals surface area contributed by atoms with E-state index in [-0.39, 0.29) is 5.97 Å². The molecule has 0 atom stereocenters. The fourth-order valence-corrected chi connectivity index (χ4v) is 5.49. The first-order valence-electron chi connectivity index (χ1n) is 6.08. The lowest BCUT2D eigenvalue weighted by atomic mass is 10.2. The van der Waals surface area contributed by atoms with E-state index in [0.29, 0.717) is 0 Å². The summed E-state index contributed by atoms with van der Waals surface area (Å²) in [6, 6.07) is 16.6. The molecule has 0 aliphatic heterocycles. The van der Waals surface area contributed by atoms with E-state index in [4.69, 9.17) is 3.07 Å². The average Bonchev–Trinajstić information content (AvgIpc) is 2.38. The number of hydrogen-bond donors (Lipinski definition) is 0. The van der Waals surface area contributed by atoms with Crippen molar-refractivity contribution in [1.29, 1.82) is 0 Å². The van der Waals surface area contributed by atoms with Crippen molar-refractivity contribution >= 4 is 5.97 Å². The Balaban J connectivity index is 2.37. The van der Waals surface area contributed by atoms with E-state index < -0.39 is 20.2 Å². The van der Waals surface area contributed by atoms with E-state index in [0.717, 1.165) is 7.14 Å². The number of carbonyl (C=O) groups is 1. The number of benzene rings is 2. The smallest absolute Gasteiger partial charge is 0.247 e. The van der Waals surface area contributed by atoms with Crippen LogP contribution in [0, 0.1) is 21.0 Å². The van der Waals surface area contributed by atoms with E-state index >= 15 is 0 Å². The fourth-order valence-electron chi connectivity index (χ4n) is 1.62. The molecule has 0 unspecified atom stereocenters. The Morgan fingerprint density at radius 2 is 1.21 bits per heavy atom. The van der Waals surface area contributed by atoms with Crippen LogP contribution in [-0.2, 0) is 7.86 Å². The molecule has 0 aliphatic rings. The van der Waals surface area contributed by atoms with Gasteiger partial charge in [0.1, 0.15) is 0 Å². The zero-order chi connectivity index (χ0) is 13.8. The summed E-state index contributed by atoms with van der Waals surface area (Å²) in [5, 5.41) is 0. The molecule has 1 radical (unpaired) electrons. The van der Waals surface area contributed by atoms with Gasteiger partial charge in [-0.05, 0) is 38.1 Å². The molecule has 0 bridgehead atoms. The van der Waals surface area contributed by atoms with Gasteiger partial charge in [0, 0.05) is 6.92 Å². The molecule has 0 aromatic heterocycles. The lowest BCUT2D eigenvalue weighted by molar-refractivity contribution is -1.04. The average molecular weight is 368 g/mol. The molecule has 99 valence electrons. The molecule has 2 nitrogen and oxygen atoms in total. The van der Waals surface area contributed by atoms with Gasteiger partial charge in [-0.3, -0.25) is 0 Å². The van der Waals surface area contributed by atoms with Crippen molar-refractivity contribution < 1.29 is 28.1 Å². The van der Waals surface area contributed by atoms with Crippen molar-refractivity contribution in [3.63, 3.8) is 0 Å². The van der Waals surface area contributed by atoms with Crippen LogP contribution in [-0.4, -0.2) is 5.97 Å². The standard InChI is InChI=1S/C16H17IO2/c1-12-4-8-15(9-5-12)17(19-14(3)18)16-10-6-13(2)7-11-16/h4-11H,1-3H3/q+1. The van der Waals surface area contributed by atoms with E-state index in [1.54, 1.807) is 0 Å². The maximum atomic E-state index is 11.4. The Bertz CT molecular complexity index is 513. The van der Waals surface area contributed by atoms with Crippen LogP contribution < -0.4 is 20.2 Å². The maximum absolute atomic E-state index is 11.4. The van der Waals surface area contributed by atoms with Gasteiger partial charge in [0.25, 0.3) is 0 Å². The Kier molecular flexibility index (Phi) is 4.58. The summed E-state index contributed by atoms with van der Waals surface area (Å²) in [6.07, 6.45) is 0. The number of rotatable bonds is 3. The van der Waals surface area contributed by atoms with E-state index in [2.05, 4.69) is 62.4 Å². The molecule has 2 rings (SSSR count).